The van der Waals surface area contributed by atoms with Crippen molar-refractivity contribution in [3.8, 4) is 17.6 Å². The molecule has 2 aromatic rings. The van der Waals surface area contributed by atoms with Crippen molar-refractivity contribution >= 4 is 11.8 Å². The molecule has 0 atom stereocenters. The summed E-state index contributed by atoms with van der Waals surface area (Å²) in [5.41, 5.74) is 2.34. The van der Waals surface area contributed by atoms with E-state index in [-0.39, 0.29) is 24.2 Å². The van der Waals surface area contributed by atoms with Crippen LogP contribution in [0, 0.1) is 13.8 Å². The maximum absolute atomic E-state index is 13.0. The zero-order valence-electron chi connectivity index (χ0n) is 18.9. The van der Waals surface area contributed by atoms with Gasteiger partial charge < -0.3 is 24.4 Å². The third-order valence-electron chi connectivity index (χ3n) is 6.16. The van der Waals surface area contributed by atoms with Crippen LogP contribution in [0.1, 0.15) is 40.0 Å². The fourth-order valence-electron chi connectivity index (χ4n) is 4.23. The quantitative estimate of drug-likeness (QED) is 0.774. The molecule has 0 unspecified atom stereocenters. The van der Waals surface area contributed by atoms with Crippen LogP contribution in [-0.4, -0.2) is 66.1 Å². The van der Waals surface area contributed by atoms with Crippen molar-refractivity contribution in [3.05, 3.63) is 40.6 Å². The van der Waals surface area contributed by atoms with E-state index in [1.54, 1.807) is 0 Å². The minimum Gasteiger partial charge on any atom is -0.484 e. The molecular formula is C23H28N4O5. The second-order valence-electron chi connectivity index (χ2n) is 8.31. The summed E-state index contributed by atoms with van der Waals surface area (Å²) in [6, 6.07) is 5.84. The topological polar surface area (TPSA) is 103 Å². The molecule has 1 N–H and O–H groups in total. The van der Waals surface area contributed by atoms with E-state index in [4.69, 9.17) is 14.2 Å². The number of ether oxygens (including phenoxy) is 3. The maximum Gasteiger partial charge on any atom is 0.319 e. The lowest BCUT2D eigenvalue weighted by Gasteiger charge is -2.41. The average Bonchev–Trinajstić information content (AvgIpc) is 2.92. The predicted octanol–water partition coefficient (Wildman–Crippen LogP) is 1.84. The lowest BCUT2D eigenvalue weighted by molar-refractivity contribution is -0.133. The molecule has 0 saturated carbocycles. The van der Waals surface area contributed by atoms with Crippen molar-refractivity contribution in [1.82, 2.24) is 20.2 Å². The Morgan fingerprint density at radius 3 is 2.62 bits per heavy atom. The van der Waals surface area contributed by atoms with Gasteiger partial charge in [0.2, 0.25) is 11.8 Å². The van der Waals surface area contributed by atoms with E-state index in [1.165, 1.54) is 14.2 Å². The number of methoxy groups -OCH3 is 2. The minimum absolute atomic E-state index is 0.0244. The number of aryl methyl sites for hydroxylation is 2. The van der Waals surface area contributed by atoms with Crippen LogP contribution in [0.4, 0.5) is 0 Å². The lowest BCUT2D eigenvalue weighted by atomic mass is 9.90. The zero-order chi connectivity index (χ0) is 22.9. The van der Waals surface area contributed by atoms with Gasteiger partial charge in [-0.25, -0.2) is 4.98 Å². The van der Waals surface area contributed by atoms with Crippen molar-refractivity contribution < 1.29 is 23.8 Å². The predicted molar refractivity (Wildman–Crippen MR) is 116 cm³/mol. The SMILES string of the molecule is COc1nc(C)c(CC(=O)N2CCC3(CC2)CNC(=O)c2cc(C)ccc2O3)c(OC)n1. The van der Waals surface area contributed by atoms with Crippen LogP contribution in [0.3, 0.4) is 0 Å². The number of benzene rings is 1. The Hall–Kier alpha value is -3.36. The molecule has 0 bridgehead atoms. The number of rotatable bonds is 4. The van der Waals surface area contributed by atoms with E-state index in [9.17, 15) is 9.59 Å². The molecule has 170 valence electrons. The molecule has 1 aromatic carbocycles. The van der Waals surface area contributed by atoms with Gasteiger partial charge >= 0.3 is 6.01 Å². The van der Waals surface area contributed by atoms with Crippen LogP contribution in [-0.2, 0) is 11.2 Å². The molecule has 0 aliphatic carbocycles. The van der Waals surface area contributed by atoms with Crippen molar-refractivity contribution in [2.75, 3.05) is 33.9 Å². The van der Waals surface area contributed by atoms with Crippen molar-refractivity contribution in [1.29, 1.82) is 0 Å². The van der Waals surface area contributed by atoms with Crippen molar-refractivity contribution in [3.63, 3.8) is 0 Å². The van der Waals surface area contributed by atoms with Gasteiger partial charge in [-0.3, -0.25) is 9.59 Å². The molecule has 1 aromatic heterocycles. The van der Waals surface area contributed by atoms with Gasteiger partial charge in [0.25, 0.3) is 5.91 Å². The lowest BCUT2D eigenvalue weighted by Crippen LogP contribution is -2.54. The molecule has 9 heteroatoms. The average molecular weight is 441 g/mol. The first-order chi connectivity index (χ1) is 15.3. The molecule has 1 spiro atoms. The molecule has 0 radical (unpaired) electrons. The fraction of sp³-hybridized carbons (Fsp3) is 0.478. The number of amides is 2. The van der Waals surface area contributed by atoms with Crippen LogP contribution in [0.25, 0.3) is 0 Å². The van der Waals surface area contributed by atoms with E-state index in [0.29, 0.717) is 60.9 Å². The van der Waals surface area contributed by atoms with Crippen LogP contribution in [0.2, 0.25) is 0 Å². The third kappa shape index (κ3) is 4.19. The van der Waals surface area contributed by atoms with Gasteiger partial charge in [0.1, 0.15) is 11.4 Å². The number of fused-ring (bicyclic) bond motifs is 1. The summed E-state index contributed by atoms with van der Waals surface area (Å²) < 4.78 is 16.8. The molecular weight excluding hydrogens is 412 g/mol. The number of carbonyl (C=O) groups is 2. The van der Waals surface area contributed by atoms with Crippen molar-refractivity contribution in [2.45, 2.75) is 38.7 Å². The molecule has 9 nitrogen and oxygen atoms in total. The second-order valence-corrected chi connectivity index (χ2v) is 8.31. The monoisotopic (exact) mass is 440 g/mol. The second kappa shape index (κ2) is 8.64. The van der Waals surface area contributed by atoms with Crippen LogP contribution < -0.4 is 19.5 Å². The van der Waals surface area contributed by atoms with Gasteiger partial charge in [0, 0.05) is 31.5 Å². The summed E-state index contributed by atoms with van der Waals surface area (Å²) in [5.74, 6) is 0.795. The molecule has 2 amide bonds. The first-order valence-electron chi connectivity index (χ1n) is 10.7. The summed E-state index contributed by atoms with van der Waals surface area (Å²) in [6.45, 7) is 5.24. The number of aromatic nitrogens is 2. The number of piperidine rings is 1. The number of hydrogen-bond acceptors (Lipinski definition) is 7. The summed E-state index contributed by atoms with van der Waals surface area (Å²) in [5, 5.41) is 2.99. The van der Waals surface area contributed by atoms with Crippen LogP contribution in [0.5, 0.6) is 17.6 Å². The highest BCUT2D eigenvalue weighted by Crippen LogP contribution is 2.34. The van der Waals surface area contributed by atoms with Gasteiger partial charge in [-0.15, -0.1) is 0 Å². The number of nitrogens with zero attached hydrogens (tertiary/aromatic N) is 3. The largest absolute Gasteiger partial charge is 0.484 e. The summed E-state index contributed by atoms with van der Waals surface area (Å²) in [6.07, 6.45) is 1.40. The highest BCUT2D eigenvalue weighted by atomic mass is 16.5. The van der Waals surface area contributed by atoms with Crippen LogP contribution >= 0.6 is 0 Å². The third-order valence-corrected chi connectivity index (χ3v) is 6.16. The van der Waals surface area contributed by atoms with Gasteiger partial charge in [0.15, 0.2) is 0 Å². The number of carbonyl (C=O) groups excluding carboxylic acids is 2. The van der Waals surface area contributed by atoms with E-state index in [2.05, 4.69) is 15.3 Å². The van der Waals surface area contributed by atoms with Gasteiger partial charge in [-0.1, -0.05) is 11.6 Å². The number of likely N-dealkylation sites (tertiary alicyclic amines) is 1. The smallest absolute Gasteiger partial charge is 0.319 e. The first-order valence-corrected chi connectivity index (χ1v) is 10.7. The summed E-state index contributed by atoms with van der Waals surface area (Å²) in [7, 11) is 3.00. The Labute approximate surface area is 187 Å². The normalized spacial score (nSPS) is 17.1. The van der Waals surface area contributed by atoms with E-state index in [0.717, 1.165) is 5.56 Å². The van der Waals surface area contributed by atoms with E-state index in [1.807, 2.05) is 36.9 Å². The maximum atomic E-state index is 13.0. The Morgan fingerprint density at radius 2 is 1.94 bits per heavy atom. The molecule has 2 aliphatic heterocycles. The van der Waals surface area contributed by atoms with E-state index < -0.39 is 5.60 Å². The molecule has 1 saturated heterocycles. The minimum atomic E-state index is -0.524. The Balaban J connectivity index is 1.45. The Kier molecular flexibility index (Phi) is 5.90. The highest BCUT2D eigenvalue weighted by Gasteiger charge is 2.41. The fourth-order valence-corrected chi connectivity index (χ4v) is 4.23. The summed E-state index contributed by atoms with van der Waals surface area (Å²) >= 11 is 0. The molecule has 32 heavy (non-hydrogen) atoms. The summed E-state index contributed by atoms with van der Waals surface area (Å²) in [4.78, 5) is 35.8. The first kappa shape index (κ1) is 21.9. The Bertz CT molecular complexity index is 1050. The van der Waals surface area contributed by atoms with Gasteiger partial charge in [0.05, 0.1) is 38.4 Å². The number of nitrogens with one attached hydrogen (secondary N) is 1. The standard InChI is InChI=1S/C23H28N4O5/c1-14-5-6-18-17(11-14)20(29)24-13-23(32-18)7-9-27(10-8-23)19(28)12-16-15(2)25-22(31-4)26-21(16)30-3/h5-6,11H,7-10,12-13H2,1-4H3,(H,24,29). The number of hydrogen-bond donors (Lipinski definition) is 1. The molecule has 3 heterocycles. The van der Waals surface area contributed by atoms with Gasteiger partial charge in [-0.2, -0.15) is 4.98 Å². The molecule has 1 fully saturated rings. The highest BCUT2D eigenvalue weighted by molar-refractivity contribution is 5.97. The molecule has 2 aliphatic rings. The zero-order valence-corrected chi connectivity index (χ0v) is 18.9. The van der Waals surface area contributed by atoms with Crippen LogP contribution in [0.15, 0.2) is 18.2 Å². The molecule has 4 rings (SSSR count). The van der Waals surface area contributed by atoms with E-state index >= 15 is 0 Å². The Morgan fingerprint density at radius 1 is 1.19 bits per heavy atom. The van der Waals surface area contributed by atoms with Gasteiger partial charge in [-0.05, 0) is 26.0 Å². The van der Waals surface area contributed by atoms with Crippen molar-refractivity contribution in [2.24, 2.45) is 0 Å².